The van der Waals surface area contributed by atoms with Crippen LogP contribution < -0.4 is 0 Å². The number of hydrogen-bond acceptors (Lipinski definition) is 2. The molecule has 0 aliphatic heterocycles. The number of rotatable bonds is 4. The maximum atomic E-state index is 10.4. The Hall–Kier alpha value is -1.54. The number of aliphatic hydroxyl groups excluding tert-OH is 1. The largest absolute Gasteiger partial charge is 0.469 e. The van der Waals surface area contributed by atoms with Crippen molar-refractivity contribution < 1.29 is 9.52 Å². The highest BCUT2D eigenvalue weighted by Gasteiger charge is 2.44. The van der Waals surface area contributed by atoms with Crippen molar-refractivity contribution in [1.29, 1.82) is 0 Å². The van der Waals surface area contributed by atoms with E-state index in [1.165, 1.54) is 5.56 Å². The van der Waals surface area contributed by atoms with Gasteiger partial charge in [0.1, 0.15) is 5.76 Å². The van der Waals surface area contributed by atoms with E-state index in [1.54, 1.807) is 6.26 Å². The minimum absolute atomic E-state index is 0.343. The Labute approximate surface area is 107 Å². The minimum Gasteiger partial charge on any atom is -0.469 e. The maximum Gasteiger partial charge on any atom is 0.109 e. The second-order valence-corrected chi connectivity index (χ2v) is 5.01. The SMILES string of the molecule is CCc1occc1C(O)C1CC1c1ccccc1. The van der Waals surface area contributed by atoms with Gasteiger partial charge in [0.05, 0.1) is 12.4 Å². The lowest BCUT2D eigenvalue weighted by molar-refractivity contribution is 0.149. The van der Waals surface area contributed by atoms with Gasteiger partial charge in [-0.2, -0.15) is 0 Å². The number of hydrogen-bond donors (Lipinski definition) is 1. The molecule has 1 saturated carbocycles. The van der Waals surface area contributed by atoms with Gasteiger partial charge < -0.3 is 9.52 Å². The zero-order valence-corrected chi connectivity index (χ0v) is 10.5. The van der Waals surface area contributed by atoms with Crippen LogP contribution in [-0.4, -0.2) is 5.11 Å². The molecule has 0 radical (unpaired) electrons. The fraction of sp³-hybridized carbons (Fsp3) is 0.375. The summed E-state index contributed by atoms with van der Waals surface area (Å²) in [5.41, 5.74) is 2.31. The average molecular weight is 242 g/mol. The van der Waals surface area contributed by atoms with Gasteiger partial charge in [-0.3, -0.25) is 0 Å². The van der Waals surface area contributed by atoms with Crippen molar-refractivity contribution in [2.75, 3.05) is 0 Å². The minimum atomic E-state index is -0.385. The zero-order valence-electron chi connectivity index (χ0n) is 10.5. The molecule has 2 aromatic rings. The van der Waals surface area contributed by atoms with Gasteiger partial charge in [-0.1, -0.05) is 37.3 Å². The van der Waals surface area contributed by atoms with Gasteiger partial charge in [-0.15, -0.1) is 0 Å². The van der Waals surface area contributed by atoms with Crippen molar-refractivity contribution in [2.45, 2.75) is 31.8 Å². The third kappa shape index (κ3) is 1.97. The van der Waals surface area contributed by atoms with Gasteiger partial charge in [0.25, 0.3) is 0 Å². The van der Waals surface area contributed by atoms with Crippen molar-refractivity contribution in [1.82, 2.24) is 0 Å². The Morgan fingerprint density at radius 1 is 1.28 bits per heavy atom. The molecule has 0 saturated heterocycles. The quantitative estimate of drug-likeness (QED) is 0.887. The van der Waals surface area contributed by atoms with Crippen molar-refractivity contribution in [3.05, 3.63) is 59.5 Å². The molecule has 3 rings (SSSR count). The lowest BCUT2D eigenvalue weighted by Crippen LogP contribution is -2.02. The summed E-state index contributed by atoms with van der Waals surface area (Å²) in [7, 11) is 0. The highest BCUT2D eigenvalue weighted by Crippen LogP contribution is 2.54. The third-order valence-electron chi connectivity index (χ3n) is 3.89. The van der Waals surface area contributed by atoms with Crippen LogP contribution in [0, 0.1) is 5.92 Å². The molecule has 94 valence electrons. The number of aryl methyl sites for hydroxylation is 1. The second kappa shape index (κ2) is 4.62. The average Bonchev–Trinajstić information content (AvgIpc) is 3.08. The summed E-state index contributed by atoms with van der Waals surface area (Å²) >= 11 is 0. The Balaban J connectivity index is 1.75. The Bertz CT molecular complexity index is 515. The van der Waals surface area contributed by atoms with Crippen LogP contribution in [0.5, 0.6) is 0 Å². The molecule has 18 heavy (non-hydrogen) atoms. The van der Waals surface area contributed by atoms with Crippen LogP contribution in [0.1, 0.15) is 42.3 Å². The van der Waals surface area contributed by atoms with E-state index >= 15 is 0 Å². The molecule has 2 nitrogen and oxygen atoms in total. The standard InChI is InChI=1S/C16H18O2/c1-2-15-12(8-9-18-15)16(17)14-10-13(14)11-6-4-3-5-7-11/h3-9,13-14,16-17H,2,10H2,1H3. The van der Waals surface area contributed by atoms with E-state index in [4.69, 9.17) is 4.42 Å². The van der Waals surface area contributed by atoms with Crippen LogP contribution in [0.25, 0.3) is 0 Å². The smallest absolute Gasteiger partial charge is 0.109 e. The normalized spacial score (nSPS) is 23.9. The van der Waals surface area contributed by atoms with Crippen LogP contribution in [0.4, 0.5) is 0 Å². The molecular weight excluding hydrogens is 224 g/mol. The molecule has 1 aliphatic rings. The van der Waals surface area contributed by atoms with E-state index < -0.39 is 0 Å². The van der Waals surface area contributed by atoms with Crippen LogP contribution in [0.2, 0.25) is 0 Å². The van der Waals surface area contributed by atoms with E-state index in [2.05, 4.69) is 31.2 Å². The van der Waals surface area contributed by atoms with E-state index in [0.29, 0.717) is 11.8 Å². The van der Waals surface area contributed by atoms with Crippen molar-refractivity contribution in [3.63, 3.8) is 0 Å². The maximum absolute atomic E-state index is 10.4. The summed E-state index contributed by atoms with van der Waals surface area (Å²) in [5.74, 6) is 1.76. The first-order chi connectivity index (χ1) is 8.81. The third-order valence-corrected chi connectivity index (χ3v) is 3.89. The molecule has 1 aromatic carbocycles. The van der Waals surface area contributed by atoms with Gasteiger partial charge >= 0.3 is 0 Å². The summed E-state index contributed by atoms with van der Waals surface area (Å²) in [6, 6.07) is 12.4. The van der Waals surface area contributed by atoms with Crippen LogP contribution in [0.3, 0.4) is 0 Å². The van der Waals surface area contributed by atoms with Gasteiger partial charge in [0.15, 0.2) is 0 Å². The van der Waals surface area contributed by atoms with Crippen molar-refractivity contribution in [3.8, 4) is 0 Å². The van der Waals surface area contributed by atoms with Crippen LogP contribution in [0.15, 0.2) is 47.1 Å². The topological polar surface area (TPSA) is 33.4 Å². The number of benzene rings is 1. The zero-order chi connectivity index (χ0) is 12.5. The highest BCUT2D eigenvalue weighted by atomic mass is 16.3. The summed E-state index contributed by atoms with van der Waals surface area (Å²) in [6.45, 7) is 2.05. The fourth-order valence-electron chi connectivity index (χ4n) is 2.78. The van der Waals surface area contributed by atoms with Crippen molar-refractivity contribution in [2.24, 2.45) is 5.92 Å². The lowest BCUT2D eigenvalue weighted by Gasteiger charge is -2.10. The van der Waals surface area contributed by atoms with Gasteiger partial charge in [-0.25, -0.2) is 0 Å². The molecule has 0 bridgehead atoms. The monoisotopic (exact) mass is 242 g/mol. The summed E-state index contributed by atoms with van der Waals surface area (Å²) in [4.78, 5) is 0. The van der Waals surface area contributed by atoms with Gasteiger partial charge in [-0.05, 0) is 29.9 Å². The van der Waals surface area contributed by atoms with E-state index in [1.807, 2.05) is 12.1 Å². The lowest BCUT2D eigenvalue weighted by atomic mass is 10.0. The molecule has 1 aromatic heterocycles. The molecule has 0 amide bonds. The summed E-state index contributed by atoms with van der Waals surface area (Å²) < 4.78 is 5.39. The molecule has 1 heterocycles. The molecule has 1 aliphatic carbocycles. The van der Waals surface area contributed by atoms with Gasteiger partial charge in [0, 0.05) is 12.0 Å². The molecule has 0 spiro atoms. The van der Waals surface area contributed by atoms with E-state index in [-0.39, 0.29) is 6.10 Å². The number of aliphatic hydroxyl groups is 1. The molecule has 3 atom stereocenters. The first kappa shape index (κ1) is 11.5. The molecule has 1 N–H and O–H groups in total. The van der Waals surface area contributed by atoms with Gasteiger partial charge in [0.2, 0.25) is 0 Å². The second-order valence-electron chi connectivity index (χ2n) is 5.01. The molecular formula is C16H18O2. The fourth-order valence-corrected chi connectivity index (χ4v) is 2.78. The Kier molecular flexibility index (Phi) is 2.96. The van der Waals surface area contributed by atoms with Crippen LogP contribution in [-0.2, 0) is 6.42 Å². The first-order valence-electron chi connectivity index (χ1n) is 6.60. The van der Waals surface area contributed by atoms with Crippen LogP contribution >= 0.6 is 0 Å². The Morgan fingerprint density at radius 3 is 2.78 bits per heavy atom. The summed E-state index contributed by atoms with van der Waals surface area (Å²) in [5, 5.41) is 10.4. The molecule has 2 heteroatoms. The Morgan fingerprint density at radius 2 is 2.06 bits per heavy atom. The predicted molar refractivity (Wildman–Crippen MR) is 70.3 cm³/mol. The molecule has 3 unspecified atom stereocenters. The first-order valence-corrected chi connectivity index (χ1v) is 6.60. The number of furan rings is 1. The molecule has 1 fully saturated rings. The van der Waals surface area contributed by atoms with E-state index in [0.717, 1.165) is 24.2 Å². The summed E-state index contributed by atoms with van der Waals surface area (Å²) in [6.07, 6.45) is 3.20. The van der Waals surface area contributed by atoms with Crippen molar-refractivity contribution >= 4 is 0 Å². The van der Waals surface area contributed by atoms with E-state index in [9.17, 15) is 5.11 Å². The highest BCUT2D eigenvalue weighted by molar-refractivity contribution is 5.30. The predicted octanol–water partition coefficient (Wildman–Crippen LogP) is 3.68.